The van der Waals surface area contributed by atoms with Crippen LogP contribution in [0.3, 0.4) is 0 Å². The molecule has 2 aliphatic carbocycles. The van der Waals surface area contributed by atoms with Gasteiger partial charge in [-0.15, -0.1) is 11.8 Å². The van der Waals surface area contributed by atoms with E-state index in [-0.39, 0.29) is 11.4 Å². The van der Waals surface area contributed by atoms with Crippen molar-refractivity contribution in [2.45, 2.75) is 55.1 Å². The Morgan fingerprint density at radius 2 is 2.00 bits per heavy atom. The van der Waals surface area contributed by atoms with Crippen molar-refractivity contribution in [3.63, 3.8) is 0 Å². The normalized spacial score (nSPS) is 24.4. The monoisotopic (exact) mass is 294 g/mol. The maximum atomic E-state index is 13.9. The van der Waals surface area contributed by atoms with E-state index in [0.717, 1.165) is 6.42 Å². The molecule has 1 aromatic carbocycles. The maximum absolute atomic E-state index is 13.9. The van der Waals surface area contributed by atoms with Crippen molar-refractivity contribution in [2.24, 2.45) is 5.41 Å². The van der Waals surface area contributed by atoms with Crippen LogP contribution in [-0.2, 0) is 0 Å². The first-order valence-electron chi connectivity index (χ1n) is 7.30. The fourth-order valence-electron chi connectivity index (χ4n) is 3.56. The highest BCUT2D eigenvalue weighted by Gasteiger charge is 2.47. The van der Waals surface area contributed by atoms with E-state index >= 15 is 0 Å². The molecule has 108 valence electrons. The minimum Gasteiger partial charge on any atom is -0.478 e. The van der Waals surface area contributed by atoms with Crippen LogP contribution in [0.4, 0.5) is 4.39 Å². The molecule has 2 saturated carbocycles. The van der Waals surface area contributed by atoms with Gasteiger partial charge in [0.05, 0.1) is 5.56 Å². The predicted octanol–water partition coefficient (Wildman–Crippen LogP) is 4.73. The zero-order valence-corrected chi connectivity index (χ0v) is 12.2. The predicted molar refractivity (Wildman–Crippen MR) is 77.8 cm³/mol. The summed E-state index contributed by atoms with van der Waals surface area (Å²) in [5.74, 6) is -1.29. The Balaban J connectivity index is 1.77. The summed E-state index contributed by atoms with van der Waals surface area (Å²) < 4.78 is 13.9. The molecule has 1 aromatic rings. The fourth-order valence-corrected chi connectivity index (χ4v) is 5.08. The summed E-state index contributed by atoms with van der Waals surface area (Å²) in [6.45, 7) is 0. The average Bonchev–Trinajstić information content (AvgIpc) is 2.45. The van der Waals surface area contributed by atoms with Gasteiger partial charge in [-0.05, 0) is 49.3 Å². The van der Waals surface area contributed by atoms with E-state index in [1.807, 2.05) is 0 Å². The van der Waals surface area contributed by atoms with Crippen LogP contribution < -0.4 is 0 Å². The topological polar surface area (TPSA) is 37.3 Å². The van der Waals surface area contributed by atoms with Crippen LogP contribution in [0.5, 0.6) is 0 Å². The van der Waals surface area contributed by atoms with Crippen LogP contribution >= 0.6 is 11.8 Å². The van der Waals surface area contributed by atoms with Crippen molar-refractivity contribution in [3.05, 3.63) is 29.6 Å². The van der Waals surface area contributed by atoms with Crippen molar-refractivity contribution < 1.29 is 14.3 Å². The van der Waals surface area contributed by atoms with Gasteiger partial charge in [0.2, 0.25) is 0 Å². The van der Waals surface area contributed by atoms with Crippen molar-refractivity contribution in [1.82, 2.24) is 0 Å². The lowest BCUT2D eigenvalue weighted by molar-refractivity contribution is 0.0696. The van der Waals surface area contributed by atoms with Gasteiger partial charge in [-0.3, -0.25) is 0 Å². The zero-order chi connectivity index (χ0) is 14.2. The highest BCUT2D eigenvalue weighted by molar-refractivity contribution is 8.00. The molecule has 0 saturated heterocycles. The first kappa shape index (κ1) is 13.9. The fraction of sp³-hybridized carbons (Fsp3) is 0.562. The van der Waals surface area contributed by atoms with Gasteiger partial charge in [0, 0.05) is 10.1 Å². The summed E-state index contributed by atoms with van der Waals surface area (Å²) in [6, 6.07) is 4.09. The summed E-state index contributed by atoms with van der Waals surface area (Å²) in [6.07, 6.45) is 8.79. The highest BCUT2D eigenvalue weighted by atomic mass is 32.2. The quantitative estimate of drug-likeness (QED) is 0.875. The molecule has 1 atom stereocenters. The second-order valence-corrected chi connectivity index (χ2v) is 7.26. The third-order valence-electron chi connectivity index (χ3n) is 4.88. The number of carbonyl (C=O) groups is 1. The van der Waals surface area contributed by atoms with E-state index in [9.17, 15) is 9.18 Å². The van der Waals surface area contributed by atoms with Crippen LogP contribution in [0, 0.1) is 11.2 Å². The molecular weight excluding hydrogens is 275 g/mol. The molecule has 0 aromatic heterocycles. The van der Waals surface area contributed by atoms with E-state index < -0.39 is 5.97 Å². The Labute approximate surface area is 122 Å². The third kappa shape index (κ3) is 2.46. The summed E-state index contributed by atoms with van der Waals surface area (Å²) in [7, 11) is 0. The SMILES string of the molecule is O=C(O)c1ccc(F)c(SC2CCC23CCCCC3)c1. The van der Waals surface area contributed by atoms with Gasteiger partial charge in [-0.2, -0.15) is 0 Å². The third-order valence-corrected chi connectivity index (χ3v) is 6.47. The summed E-state index contributed by atoms with van der Waals surface area (Å²) in [5, 5.41) is 9.48. The van der Waals surface area contributed by atoms with E-state index in [1.54, 1.807) is 11.8 Å². The molecule has 0 heterocycles. The lowest BCUT2D eigenvalue weighted by Gasteiger charge is -2.52. The van der Waals surface area contributed by atoms with Gasteiger partial charge < -0.3 is 5.11 Å². The van der Waals surface area contributed by atoms with Gasteiger partial charge >= 0.3 is 5.97 Å². The van der Waals surface area contributed by atoms with Crippen LogP contribution in [0.1, 0.15) is 55.3 Å². The van der Waals surface area contributed by atoms with Crippen LogP contribution in [0.2, 0.25) is 0 Å². The van der Waals surface area contributed by atoms with E-state index in [1.165, 1.54) is 56.7 Å². The molecule has 2 nitrogen and oxygen atoms in total. The Kier molecular flexibility index (Phi) is 3.76. The number of carboxylic acid groups (broad SMARTS) is 1. The molecule has 2 fully saturated rings. The molecule has 0 bridgehead atoms. The van der Waals surface area contributed by atoms with Gasteiger partial charge in [0.1, 0.15) is 5.82 Å². The number of halogens is 1. The number of hydrogen-bond donors (Lipinski definition) is 1. The molecule has 0 radical (unpaired) electrons. The highest BCUT2D eigenvalue weighted by Crippen LogP contribution is 2.58. The molecule has 4 heteroatoms. The second-order valence-electron chi connectivity index (χ2n) is 6.02. The molecule has 20 heavy (non-hydrogen) atoms. The molecule has 0 aliphatic heterocycles. The number of aromatic carboxylic acids is 1. The molecule has 2 aliphatic rings. The van der Waals surface area contributed by atoms with Crippen LogP contribution in [-0.4, -0.2) is 16.3 Å². The summed E-state index contributed by atoms with van der Waals surface area (Å²) in [4.78, 5) is 11.5. The number of carboxylic acids is 1. The van der Waals surface area contributed by atoms with Gasteiger partial charge in [-0.1, -0.05) is 19.3 Å². The largest absolute Gasteiger partial charge is 0.478 e. The van der Waals surface area contributed by atoms with E-state index in [4.69, 9.17) is 5.11 Å². The van der Waals surface area contributed by atoms with E-state index in [0.29, 0.717) is 15.6 Å². The van der Waals surface area contributed by atoms with Crippen molar-refractivity contribution in [2.75, 3.05) is 0 Å². The Hall–Kier alpha value is -1.03. The Morgan fingerprint density at radius 3 is 2.60 bits per heavy atom. The Bertz CT molecular complexity index is 523. The molecule has 0 amide bonds. The number of rotatable bonds is 3. The first-order valence-corrected chi connectivity index (χ1v) is 8.18. The number of thioether (sulfide) groups is 1. The summed E-state index contributed by atoms with van der Waals surface area (Å²) in [5.41, 5.74) is 0.570. The zero-order valence-electron chi connectivity index (χ0n) is 11.4. The summed E-state index contributed by atoms with van der Waals surface area (Å²) >= 11 is 1.56. The first-order chi connectivity index (χ1) is 9.61. The second kappa shape index (κ2) is 5.40. The van der Waals surface area contributed by atoms with Gasteiger partial charge in [-0.25, -0.2) is 9.18 Å². The molecular formula is C16H19FO2S. The maximum Gasteiger partial charge on any atom is 0.335 e. The van der Waals surface area contributed by atoms with Crippen molar-refractivity contribution in [3.8, 4) is 0 Å². The van der Waals surface area contributed by atoms with Crippen LogP contribution in [0.25, 0.3) is 0 Å². The molecule has 3 rings (SSSR count). The lowest BCUT2D eigenvalue weighted by atomic mass is 9.60. The van der Waals surface area contributed by atoms with Crippen molar-refractivity contribution >= 4 is 17.7 Å². The van der Waals surface area contributed by atoms with E-state index in [2.05, 4.69) is 0 Å². The molecule has 1 spiro atoms. The van der Waals surface area contributed by atoms with Crippen LogP contribution in [0.15, 0.2) is 23.1 Å². The minimum absolute atomic E-state index is 0.172. The van der Waals surface area contributed by atoms with Gasteiger partial charge in [0.15, 0.2) is 0 Å². The Morgan fingerprint density at radius 1 is 1.25 bits per heavy atom. The lowest BCUT2D eigenvalue weighted by Crippen LogP contribution is -2.44. The van der Waals surface area contributed by atoms with Crippen molar-refractivity contribution in [1.29, 1.82) is 0 Å². The average molecular weight is 294 g/mol. The number of benzene rings is 1. The smallest absolute Gasteiger partial charge is 0.335 e. The molecule has 1 N–H and O–H groups in total. The molecule has 1 unspecified atom stereocenters. The standard InChI is InChI=1S/C16H19FO2S/c17-12-5-4-11(15(18)19)10-13(12)20-14-6-9-16(14)7-2-1-3-8-16/h4-5,10,14H,1-3,6-9H2,(H,18,19). The van der Waals surface area contributed by atoms with Gasteiger partial charge in [0.25, 0.3) is 0 Å². The number of hydrogen-bond acceptors (Lipinski definition) is 2. The minimum atomic E-state index is -0.993.